The summed E-state index contributed by atoms with van der Waals surface area (Å²) in [5, 5.41) is 8.93. The van der Waals surface area contributed by atoms with Crippen molar-refractivity contribution < 1.29 is 9.59 Å². The van der Waals surface area contributed by atoms with E-state index in [2.05, 4.69) is 20.9 Å². The second-order valence-corrected chi connectivity index (χ2v) is 5.53. The van der Waals surface area contributed by atoms with E-state index in [0.717, 1.165) is 16.5 Å². The first-order valence-electron chi connectivity index (χ1n) is 8.07. The van der Waals surface area contributed by atoms with E-state index in [9.17, 15) is 9.59 Å². The van der Waals surface area contributed by atoms with Gasteiger partial charge >= 0.3 is 6.03 Å². The fourth-order valence-electron chi connectivity index (χ4n) is 2.44. The Morgan fingerprint density at radius 2 is 1.62 bits per heavy atom. The molecule has 1 heterocycles. The number of hydrogen-bond donors (Lipinski definition) is 3. The van der Waals surface area contributed by atoms with E-state index in [1.165, 1.54) is 6.08 Å². The van der Waals surface area contributed by atoms with Crippen molar-refractivity contribution in [3.63, 3.8) is 0 Å². The van der Waals surface area contributed by atoms with Crippen LogP contribution in [0.25, 0.3) is 17.0 Å². The summed E-state index contributed by atoms with van der Waals surface area (Å²) >= 11 is 0. The number of anilines is 2. The summed E-state index contributed by atoms with van der Waals surface area (Å²) in [5.74, 6) is -0.245. The monoisotopic (exact) mass is 346 g/mol. The van der Waals surface area contributed by atoms with E-state index in [-0.39, 0.29) is 11.9 Å². The van der Waals surface area contributed by atoms with Gasteiger partial charge in [0, 0.05) is 41.6 Å². The molecule has 0 radical (unpaired) electrons. The standard InChI is InChI=1S/C20H18N4O2/c1-21-20(26)24-17-10-8-16(9-11-17)23-18(25)12-7-15-5-2-4-14-6-3-13-22-19(14)15/h2-13H,1H3,(H,23,25)(H2,21,24,26)/b12-7+. The highest BCUT2D eigenvalue weighted by Crippen LogP contribution is 2.17. The molecule has 0 saturated carbocycles. The summed E-state index contributed by atoms with van der Waals surface area (Å²) in [6, 6.07) is 16.2. The second kappa shape index (κ2) is 7.94. The number of rotatable bonds is 4. The molecule has 26 heavy (non-hydrogen) atoms. The van der Waals surface area contributed by atoms with Crippen LogP contribution in [0.2, 0.25) is 0 Å². The van der Waals surface area contributed by atoms with Crippen LogP contribution >= 0.6 is 0 Å². The minimum atomic E-state index is -0.298. The van der Waals surface area contributed by atoms with Gasteiger partial charge in [0.05, 0.1) is 5.52 Å². The first-order valence-corrected chi connectivity index (χ1v) is 8.07. The second-order valence-electron chi connectivity index (χ2n) is 5.53. The predicted octanol–water partition coefficient (Wildman–Crippen LogP) is 3.64. The van der Waals surface area contributed by atoms with E-state index in [0.29, 0.717) is 11.4 Å². The van der Waals surface area contributed by atoms with Gasteiger partial charge in [-0.25, -0.2) is 4.79 Å². The molecule has 0 saturated heterocycles. The molecule has 0 aliphatic carbocycles. The lowest BCUT2D eigenvalue weighted by Crippen LogP contribution is -2.24. The Hall–Kier alpha value is -3.67. The summed E-state index contributed by atoms with van der Waals surface area (Å²) < 4.78 is 0. The van der Waals surface area contributed by atoms with Crippen molar-refractivity contribution in [3.05, 3.63) is 72.4 Å². The van der Waals surface area contributed by atoms with Gasteiger partial charge in [-0.2, -0.15) is 0 Å². The molecule has 3 rings (SSSR count). The number of amides is 3. The molecule has 0 bridgehead atoms. The molecule has 1 aromatic heterocycles. The number of aromatic nitrogens is 1. The molecular formula is C20H18N4O2. The third-order valence-electron chi connectivity index (χ3n) is 3.72. The largest absolute Gasteiger partial charge is 0.341 e. The number of benzene rings is 2. The van der Waals surface area contributed by atoms with Gasteiger partial charge in [-0.1, -0.05) is 24.3 Å². The molecule has 0 unspecified atom stereocenters. The molecular weight excluding hydrogens is 328 g/mol. The molecule has 0 atom stereocenters. The van der Waals surface area contributed by atoms with Crippen molar-refractivity contribution in [3.8, 4) is 0 Å². The first kappa shape index (κ1) is 17.2. The summed E-state index contributed by atoms with van der Waals surface area (Å²) in [6.45, 7) is 0. The van der Waals surface area contributed by atoms with Crippen LogP contribution in [0.3, 0.4) is 0 Å². The molecule has 0 fully saturated rings. The third-order valence-corrected chi connectivity index (χ3v) is 3.72. The SMILES string of the molecule is CNC(=O)Nc1ccc(NC(=O)/C=C/c2cccc3cccnc23)cc1. The van der Waals surface area contributed by atoms with Gasteiger partial charge in [0.2, 0.25) is 5.91 Å². The van der Waals surface area contributed by atoms with Gasteiger partial charge in [0.1, 0.15) is 0 Å². The van der Waals surface area contributed by atoms with Gasteiger partial charge < -0.3 is 16.0 Å². The Kier molecular flexibility index (Phi) is 5.24. The molecule has 2 aromatic carbocycles. The fraction of sp³-hybridized carbons (Fsp3) is 0.0500. The number of para-hydroxylation sites is 1. The fourth-order valence-corrected chi connectivity index (χ4v) is 2.44. The van der Waals surface area contributed by atoms with E-state index < -0.39 is 0 Å². The van der Waals surface area contributed by atoms with Crippen molar-refractivity contribution in [2.75, 3.05) is 17.7 Å². The van der Waals surface area contributed by atoms with Crippen LogP contribution in [0, 0.1) is 0 Å². The van der Waals surface area contributed by atoms with Crippen LogP contribution in [0.1, 0.15) is 5.56 Å². The van der Waals surface area contributed by atoms with Crippen LogP contribution < -0.4 is 16.0 Å². The number of fused-ring (bicyclic) bond motifs is 1. The van der Waals surface area contributed by atoms with Crippen molar-refractivity contribution in [2.45, 2.75) is 0 Å². The molecule has 3 aromatic rings. The maximum Gasteiger partial charge on any atom is 0.318 e. The Bertz CT molecular complexity index is 960. The lowest BCUT2D eigenvalue weighted by molar-refractivity contribution is -0.111. The number of nitrogens with one attached hydrogen (secondary N) is 3. The van der Waals surface area contributed by atoms with Crippen molar-refractivity contribution in [1.82, 2.24) is 10.3 Å². The topological polar surface area (TPSA) is 83.1 Å². The summed E-state index contributed by atoms with van der Waals surface area (Å²) in [6.07, 6.45) is 4.94. The third kappa shape index (κ3) is 4.24. The van der Waals surface area contributed by atoms with Gasteiger partial charge in [-0.3, -0.25) is 9.78 Å². The van der Waals surface area contributed by atoms with E-state index >= 15 is 0 Å². The number of urea groups is 1. The molecule has 130 valence electrons. The van der Waals surface area contributed by atoms with E-state index in [1.54, 1.807) is 43.6 Å². The maximum atomic E-state index is 12.1. The molecule has 3 N–H and O–H groups in total. The van der Waals surface area contributed by atoms with Crippen molar-refractivity contribution in [1.29, 1.82) is 0 Å². The van der Waals surface area contributed by atoms with Crippen LogP contribution in [0.15, 0.2) is 66.9 Å². The molecule has 0 spiro atoms. The van der Waals surface area contributed by atoms with Gasteiger partial charge in [0.25, 0.3) is 0 Å². The Morgan fingerprint density at radius 3 is 2.35 bits per heavy atom. The predicted molar refractivity (Wildman–Crippen MR) is 104 cm³/mol. The number of carbonyl (C=O) groups excluding carboxylic acids is 2. The molecule has 0 aliphatic heterocycles. The van der Waals surface area contributed by atoms with Crippen molar-refractivity contribution in [2.24, 2.45) is 0 Å². The highest BCUT2D eigenvalue weighted by molar-refractivity contribution is 6.03. The van der Waals surface area contributed by atoms with E-state index in [1.807, 2.05) is 30.3 Å². The Balaban J connectivity index is 1.66. The highest BCUT2D eigenvalue weighted by Gasteiger charge is 2.02. The van der Waals surface area contributed by atoms with Gasteiger partial charge in [-0.15, -0.1) is 0 Å². The molecule has 6 nitrogen and oxygen atoms in total. The molecule has 0 aliphatic rings. The van der Waals surface area contributed by atoms with E-state index in [4.69, 9.17) is 0 Å². The Morgan fingerprint density at radius 1 is 0.923 bits per heavy atom. The maximum absolute atomic E-state index is 12.1. The average Bonchev–Trinajstić information content (AvgIpc) is 2.67. The van der Waals surface area contributed by atoms with Crippen molar-refractivity contribution >= 4 is 40.3 Å². The average molecular weight is 346 g/mol. The minimum Gasteiger partial charge on any atom is -0.341 e. The number of hydrogen-bond acceptors (Lipinski definition) is 3. The zero-order valence-electron chi connectivity index (χ0n) is 14.2. The Labute approximate surface area is 150 Å². The zero-order valence-corrected chi connectivity index (χ0v) is 14.2. The lowest BCUT2D eigenvalue weighted by atomic mass is 10.1. The number of pyridine rings is 1. The summed E-state index contributed by atoms with van der Waals surface area (Å²) in [4.78, 5) is 27.7. The number of nitrogens with zero attached hydrogens (tertiary/aromatic N) is 1. The quantitative estimate of drug-likeness (QED) is 0.631. The molecule has 6 heteroatoms. The first-order chi connectivity index (χ1) is 12.7. The summed E-state index contributed by atoms with van der Waals surface area (Å²) in [5.41, 5.74) is 3.00. The zero-order chi connectivity index (χ0) is 18.4. The minimum absolute atomic E-state index is 0.245. The van der Waals surface area contributed by atoms with Crippen LogP contribution in [0.5, 0.6) is 0 Å². The van der Waals surface area contributed by atoms with Crippen LogP contribution in [-0.2, 0) is 4.79 Å². The van der Waals surface area contributed by atoms with Gasteiger partial charge in [-0.05, 0) is 36.4 Å². The van der Waals surface area contributed by atoms with Gasteiger partial charge in [0.15, 0.2) is 0 Å². The number of carbonyl (C=O) groups is 2. The smallest absolute Gasteiger partial charge is 0.318 e. The highest BCUT2D eigenvalue weighted by atomic mass is 16.2. The normalized spacial score (nSPS) is 10.7. The molecule has 3 amide bonds. The lowest BCUT2D eigenvalue weighted by Gasteiger charge is -2.06. The van der Waals surface area contributed by atoms with Crippen LogP contribution in [-0.4, -0.2) is 24.0 Å². The van der Waals surface area contributed by atoms with Crippen LogP contribution in [0.4, 0.5) is 16.2 Å². The summed E-state index contributed by atoms with van der Waals surface area (Å²) in [7, 11) is 1.54.